The second kappa shape index (κ2) is 8.31. The van der Waals surface area contributed by atoms with Gasteiger partial charge in [-0.25, -0.2) is 4.98 Å². The summed E-state index contributed by atoms with van der Waals surface area (Å²) in [7, 11) is 0. The summed E-state index contributed by atoms with van der Waals surface area (Å²) < 4.78 is 0.823. The molecule has 0 saturated heterocycles. The summed E-state index contributed by atoms with van der Waals surface area (Å²) in [5.41, 5.74) is 2.97. The van der Waals surface area contributed by atoms with Crippen LogP contribution in [-0.4, -0.2) is 31.5 Å². The predicted octanol–water partition coefficient (Wildman–Crippen LogP) is 3.98. The minimum absolute atomic E-state index is 0.0633. The molecule has 1 amide bonds. The third-order valence-corrected chi connectivity index (χ3v) is 5.04. The number of Topliss-reactive ketones (excluding diaryl/α,β-unsaturated/α-hetero) is 1. The molecular formula is C23H18N4O5. The molecule has 1 heterocycles. The molecule has 0 radical (unpaired) electrons. The largest absolute Gasteiger partial charge is 0.426 e. The Morgan fingerprint density at radius 3 is 2.31 bits per heavy atom. The quantitative estimate of drug-likeness (QED) is 0.206. The van der Waals surface area contributed by atoms with Crippen LogP contribution in [-0.2, 0) is 6.54 Å². The van der Waals surface area contributed by atoms with Gasteiger partial charge in [0.05, 0.1) is 10.4 Å². The molecule has 9 heteroatoms. The summed E-state index contributed by atoms with van der Waals surface area (Å²) in [5, 5.41) is 24.2. The third-order valence-electron chi connectivity index (χ3n) is 5.04. The molecule has 0 spiro atoms. The number of nitrogens with one attached hydrogen (secondary N) is 1. The highest BCUT2D eigenvalue weighted by atomic mass is 16.6. The Morgan fingerprint density at radius 1 is 1.03 bits per heavy atom. The second-order valence-electron chi connectivity index (χ2n) is 7.19. The number of carbonyl (C=O) groups is 2. The highest BCUT2D eigenvalue weighted by Crippen LogP contribution is 2.26. The van der Waals surface area contributed by atoms with Crippen molar-refractivity contribution in [2.24, 2.45) is 0 Å². The van der Waals surface area contributed by atoms with Crippen molar-refractivity contribution < 1.29 is 19.7 Å². The first-order valence-corrected chi connectivity index (χ1v) is 9.68. The van der Waals surface area contributed by atoms with E-state index in [4.69, 9.17) is 0 Å². The Bertz CT molecular complexity index is 1340. The molecule has 0 aliphatic carbocycles. The van der Waals surface area contributed by atoms with Crippen LogP contribution in [0.5, 0.6) is 0 Å². The van der Waals surface area contributed by atoms with Crippen molar-refractivity contribution in [3.05, 3.63) is 93.5 Å². The zero-order valence-corrected chi connectivity index (χ0v) is 17.0. The van der Waals surface area contributed by atoms with Gasteiger partial charge in [-0.3, -0.25) is 19.7 Å². The number of aromatic nitrogens is 2. The van der Waals surface area contributed by atoms with E-state index in [2.05, 4.69) is 10.3 Å². The van der Waals surface area contributed by atoms with Gasteiger partial charge < -0.3 is 10.5 Å². The summed E-state index contributed by atoms with van der Waals surface area (Å²) in [6, 6.07) is 17.6. The topological polar surface area (TPSA) is 127 Å². The average molecular weight is 430 g/mol. The number of fused-ring (bicyclic) bond motifs is 1. The number of nitro groups is 1. The number of rotatable bonds is 6. The van der Waals surface area contributed by atoms with Crippen LogP contribution in [0.15, 0.2) is 66.7 Å². The molecule has 0 saturated carbocycles. The Kier molecular flexibility index (Phi) is 5.38. The van der Waals surface area contributed by atoms with Crippen LogP contribution in [0.1, 0.15) is 33.2 Å². The van der Waals surface area contributed by atoms with Gasteiger partial charge in [0.25, 0.3) is 11.6 Å². The molecule has 4 aromatic rings. The van der Waals surface area contributed by atoms with Crippen LogP contribution in [0.25, 0.3) is 22.4 Å². The first kappa shape index (κ1) is 20.7. The van der Waals surface area contributed by atoms with Crippen LogP contribution < -0.4 is 5.32 Å². The van der Waals surface area contributed by atoms with Gasteiger partial charge in [0, 0.05) is 35.4 Å². The zero-order valence-electron chi connectivity index (χ0n) is 17.0. The summed E-state index contributed by atoms with van der Waals surface area (Å²) in [6.07, 6.45) is 0. The number of carbonyl (C=O) groups excluding carboxylic acids is 2. The van der Waals surface area contributed by atoms with Gasteiger partial charge in [-0.2, -0.15) is 4.73 Å². The Morgan fingerprint density at radius 2 is 1.69 bits per heavy atom. The van der Waals surface area contributed by atoms with E-state index < -0.39 is 4.92 Å². The lowest BCUT2D eigenvalue weighted by Crippen LogP contribution is -2.22. The molecule has 2 N–H and O–H groups in total. The molecule has 1 aromatic heterocycles. The van der Waals surface area contributed by atoms with Crippen molar-refractivity contribution in [2.75, 3.05) is 0 Å². The molecule has 9 nitrogen and oxygen atoms in total. The maximum Gasteiger partial charge on any atom is 0.271 e. The number of imidazole rings is 1. The van der Waals surface area contributed by atoms with E-state index in [0.717, 1.165) is 10.3 Å². The first-order valence-electron chi connectivity index (χ1n) is 9.68. The standard InChI is InChI=1S/C23H18N4O5/c1-14(28)16-6-8-18(9-7-16)23(29)24-13-15-2-4-17(5-3-15)22-25-20-11-10-19(27(31)32)12-21(20)26(22)30/h2-12,30H,13H2,1H3,(H,24,29). The number of non-ortho nitro benzene ring substituents is 1. The van der Waals surface area contributed by atoms with Gasteiger partial charge in [-0.1, -0.05) is 36.4 Å². The summed E-state index contributed by atoms with van der Waals surface area (Å²) in [6.45, 7) is 1.75. The Balaban J connectivity index is 1.47. The summed E-state index contributed by atoms with van der Waals surface area (Å²) in [4.78, 5) is 38.4. The molecule has 160 valence electrons. The van der Waals surface area contributed by atoms with Crippen LogP contribution in [0.2, 0.25) is 0 Å². The molecule has 0 fully saturated rings. The zero-order chi connectivity index (χ0) is 22.8. The second-order valence-corrected chi connectivity index (χ2v) is 7.19. The maximum atomic E-state index is 12.3. The van der Waals surface area contributed by atoms with E-state index in [1.165, 1.54) is 25.1 Å². The number of ketones is 1. The smallest absolute Gasteiger partial charge is 0.271 e. The number of benzene rings is 3. The lowest BCUT2D eigenvalue weighted by atomic mass is 10.1. The Labute approximate surface area is 182 Å². The van der Waals surface area contributed by atoms with Crippen molar-refractivity contribution in [3.63, 3.8) is 0 Å². The molecule has 0 aliphatic rings. The highest BCUT2D eigenvalue weighted by molar-refractivity contribution is 5.97. The number of nitrogens with zero attached hydrogens (tertiary/aromatic N) is 3. The number of hydrogen-bond acceptors (Lipinski definition) is 6. The monoisotopic (exact) mass is 430 g/mol. The van der Waals surface area contributed by atoms with Crippen LogP contribution in [0, 0.1) is 10.1 Å². The fourth-order valence-electron chi connectivity index (χ4n) is 3.26. The molecule has 32 heavy (non-hydrogen) atoms. The van der Waals surface area contributed by atoms with Crippen LogP contribution in [0.4, 0.5) is 5.69 Å². The molecule has 0 unspecified atom stereocenters. The minimum Gasteiger partial charge on any atom is -0.426 e. The summed E-state index contributed by atoms with van der Waals surface area (Å²) >= 11 is 0. The van der Waals surface area contributed by atoms with Crippen molar-refractivity contribution in [1.82, 2.24) is 15.0 Å². The third kappa shape index (κ3) is 4.04. The molecule has 0 aliphatic heterocycles. The first-order chi connectivity index (χ1) is 15.3. The number of amides is 1. The molecule has 4 rings (SSSR count). The van der Waals surface area contributed by atoms with Gasteiger partial charge in [0.1, 0.15) is 5.52 Å². The fourth-order valence-corrected chi connectivity index (χ4v) is 3.26. The average Bonchev–Trinajstić information content (AvgIpc) is 3.13. The van der Waals surface area contributed by atoms with E-state index in [-0.39, 0.29) is 35.3 Å². The van der Waals surface area contributed by atoms with E-state index in [9.17, 15) is 24.9 Å². The van der Waals surface area contributed by atoms with Gasteiger partial charge in [-0.15, -0.1) is 0 Å². The van der Waals surface area contributed by atoms with Crippen molar-refractivity contribution >= 4 is 28.4 Å². The number of hydrogen-bond donors (Lipinski definition) is 2. The van der Waals surface area contributed by atoms with Gasteiger partial charge in [0.2, 0.25) is 0 Å². The Hall–Kier alpha value is -4.53. The van der Waals surface area contributed by atoms with E-state index >= 15 is 0 Å². The maximum absolute atomic E-state index is 12.3. The lowest BCUT2D eigenvalue weighted by Gasteiger charge is -2.07. The van der Waals surface area contributed by atoms with Gasteiger partial charge >= 0.3 is 0 Å². The van der Waals surface area contributed by atoms with E-state index in [1.807, 2.05) is 0 Å². The van der Waals surface area contributed by atoms with Crippen molar-refractivity contribution in [1.29, 1.82) is 0 Å². The number of nitro benzene ring substituents is 1. The van der Waals surface area contributed by atoms with E-state index in [0.29, 0.717) is 22.2 Å². The van der Waals surface area contributed by atoms with E-state index in [1.54, 1.807) is 48.5 Å². The normalized spacial score (nSPS) is 10.8. The van der Waals surface area contributed by atoms with Crippen molar-refractivity contribution in [2.45, 2.75) is 13.5 Å². The molecule has 3 aromatic carbocycles. The van der Waals surface area contributed by atoms with Crippen molar-refractivity contribution in [3.8, 4) is 11.4 Å². The molecular weight excluding hydrogens is 412 g/mol. The fraction of sp³-hybridized carbons (Fsp3) is 0.0870. The molecule has 0 bridgehead atoms. The highest BCUT2D eigenvalue weighted by Gasteiger charge is 2.16. The van der Waals surface area contributed by atoms with Crippen LogP contribution in [0.3, 0.4) is 0 Å². The predicted molar refractivity (Wildman–Crippen MR) is 117 cm³/mol. The summed E-state index contributed by atoms with van der Waals surface area (Å²) in [5.74, 6) is -0.0729. The molecule has 0 atom stereocenters. The minimum atomic E-state index is -0.535. The van der Waals surface area contributed by atoms with Gasteiger partial charge in [0.15, 0.2) is 11.6 Å². The lowest BCUT2D eigenvalue weighted by molar-refractivity contribution is -0.384. The SMILES string of the molecule is CC(=O)c1ccc(C(=O)NCc2ccc(-c3nc4ccc([N+](=O)[O-])cc4n3O)cc2)cc1. The van der Waals surface area contributed by atoms with Gasteiger partial charge in [-0.05, 0) is 30.7 Å². The van der Waals surface area contributed by atoms with Crippen LogP contribution >= 0.6 is 0 Å².